The molecule has 5 heteroatoms. The van der Waals surface area contributed by atoms with Crippen LogP contribution in [0.15, 0.2) is 42.5 Å². The van der Waals surface area contributed by atoms with Crippen LogP contribution in [0, 0.1) is 11.3 Å². The van der Waals surface area contributed by atoms with E-state index < -0.39 is 0 Å². The Morgan fingerprint density at radius 1 is 1.23 bits per heavy atom. The molecule has 0 saturated carbocycles. The number of carbonyl (C=O) groups excluding carboxylic acids is 1. The van der Waals surface area contributed by atoms with Crippen molar-refractivity contribution < 1.29 is 9.53 Å². The van der Waals surface area contributed by atoms with Crippen LogP contribution in [0.1, 0.15) is 41.3 Å². The molecular weight excluding hydrogens is 348 g/mol. The number of halogens is 1. The fourth-order valence-electron chi connectivity index (χ4n) is 3.09. The number of carbonyl (C=O) groups is 1. The number of aryl methyl sites for hydroxylation is 1. The molecule has 134 valence electrons. The van der Waals surface area contributed by atoms with Gasteiger partial charge in [-0.05, 0) is 36.2 Å². The lowest BCUT2D eigenvalue weighted by Crippen LogP contribution is -2.41. The molecular formula is C21H21ClN2O2. The van der Waals surface area contributed by atoms with Gasteiger partial charge in [-0.15, -0.1) is 0 Å². The highest BCUT2D eigenvalue weighted by molar-refractivity contribution is 6.31. The zero-order valence-corrected chi connectivity index (χ0v) is 15.5. The summed E-state index contributed by atoms with van der Waals surface area (Å²) in [6, 6.07) is 15.0. The Balaban J connectivity index is 1.56. The Hall–Kier alpha value is -2.51. The first-order valence-electron chi connectivity index (χ1n) is 8.85. The molecule has 1 fully saturated rings. The fraction of sp³-hybridized carbons (Fsp3) is 0.333. The van der Waals surface area contributed by atoms with Crippen molar-refractivity contribution in [2.24, 2.45) is 0 Å². The van der Waals surface area contributed by atoms with Gasteiger partial charge in [0.2, 0.25) is 0 Å². The fourth-order valence-corrected chi connectivity index (χ4v) is 3.31. The van der Waals surface area contributed by atoms with Crippen LogP contribution in [-0.4, -0.2) is 30.0 Å². The lowest BCUT2D eigenvalue weighted by Gasteiger charge is -2.32. The molecule has 1 amide bonds. The molecule has 1 saturated heterocycles. The summed E-state index contributed by atoms with van der Waals surface area (Å²) in [7, 11) is 0. The Bertz CT molecular complexity index is 819. The van der Waals surface area contributed by atoms with Crippen molar-refractivity contribution >= 4 is 17.5 Å². The van der Waals surface area contributed by atoms with E-state index in [0.29, 0.717) is 29.4 Å². The lowest BCUT2D eigenvalue weighted by atomic mass is 10.0. The molecule has 0 atom stereocenters. The molecule has 0 aromatic heterocycles. The molecule has 4 nitrogen and oxygen atoms in total. The SMILES string of the molecule is CCc1ccc(C(=O)N2CCC(Oc3ccc(C#N)c(Cl)c3)CC2)cc1. The van der Waals surface area contributed by atoms with Gasteiger partial charge in [-0.3, -0.25) is 4.79 Å². The molecule has 0 aliphatic carbocycles. The molecule has 1 heterocycles. The number of likely N-dealkylation sites (tertiary alicyclic amines) is 1. The van der Waals surface area contributed by atoms with Gasteiger partial charge in [0, 0.05) is 37.6 Å². The van der Waals surface area contributed by atoms with E-state index in [2.05, 4.69) is 6.92 Å². The van der Waals surface area contributed by atoms with E-state index >= 15 is 0 Å². The van der Waals surface area contributed by atoms with Crippen molar-refractivity contribution in [3.8, 4) is 11.8 Å². The van der Waals surface area contributed by atoms with Gasteiger partial charge in [-0.25, -0.2) is 0 Å². The third kappa shape index (κ3) is 4.17. The van der Waals surface area contributed by atoms with Crippen molar-refractivity contribution in [2.75, 3.05) is 13.1 Å². The number of nitrogens with zero attached hydrogens (tertiary/aromatic N) is 2. The maximum Gasteiger partial charge on any atom is 0.253 e. The Morgan fingerprint density at radius 3 is 2.50 bits per heavy atom. The number of amides is 1. The van der Waals surface area contributed by atoms with Crippen LogP contribution < -0.4 is 4.74 Å². The summed E-state index contributed by atoms with van der Waals surface area (Å²) < 4.78 is 5.97. The van der Waals surface area contributed by atoms with E-state index in [1.807, 2.05) is 35.2 Å². The third-order valence-electron chi connectivity index (χ3n) is 4.70. The van der Waals surface area contributed by atoms with Crippen LogP contribution in [-0.2, 0) is 6.42 Å². The topological polar surface area (TPSA) is 53.3 Å². The van der Waals surface area contributed by atoms with Crippen LogP contribution in [0.2, 0.25) is 5.02 Å². The number of nitriles is 1. The predicted molar refractivity (Wildman–Crippen MR) is 102 cm³/mol. The summed E-state index contributed by atoms with van der Waals surface area (Å²) >= 11 is 6.05. The number of rotatable bonds is 4. The highest BCUT2D eigenvalue weighted by Gasteiger charge is 2.24. The minimum Gasteiger partial charge on any atom is -0.490 e. The summed E-state index contributed by atoms with van der Waals surface area (Å²) in [5, 5.41) is 9.32. The highest BCUT2D eigenvalue weighted by atomic mass is 35.5. The molecule has 2 aromatic rings. The maximum absolute atomic E-state index is 12.6. The smallest absolute Gasteiger partial charge is 0.253 e. The molecule has 0 unspecified atom stereocenters. The number of hydrogen-bond acceptors (Lipinski definition) is 3. The van der Waals surface area contributed by atoms with Crippen molar-refractivity contribution in [2.45, 2.75) is 32.3 Å². The molecule has 0 radical (unpaired) electrons. The monoisotopic (exact) mass is 368 g/mol. The number of ether oxygens (including phenoxy) is 1. The first-order valence-corrected chi connectivity index (χ1v) is 9.23. The van der Waals surface area contributed by atoms with Crippen LogP contribution in [0.3, 0.4) is 0 Å². The second kappa shape index (κ2) is 8.25. The van der Waals surface area contributed by atoms with E-state index in [1.54, 1.807) is 18.2 Å². The van der Waals surface area contributed by atoms with E-state index in [9.17, 15) is 4.79 Å². The largest absolute Gasteiger partial charge is 0.490 e. The van der Waals surface area contributed by atoms with E-state index in [4.69, 9.17) is 21.6 Å². The van der Waals surface area contributed by atoms with Crippen molar-refractivity contribution in [1.29, 1.82) is 5.26 Å². The number of benzene rings is 2. The second-order valence-corrected chi connectivity index (χ2v) is 6.82. The van der Waals surface area contributed by atoms with E-state index in [-0.39, 0.29) is 12.0 Å². The summed E-state index contributed by atoms with van der Waals surface area (Å²) in [4.78, 5) is 14.5. The van der Waals surface area contributed by atoms with E-state index in [1.165, 1.54) is 5.56 Å². The van der Waals surface area contributed by atoms with Crippen LogP contribution in [0.4, 0.5) is 0 Å². The number of hydrogen-bond donors (Lipinski definition) is 0. The lowest BCUT2D eigenvalue weighted by molar-refractivity contribution is 0.0595. The molecule has 0 spiro atoms. The van der Waals surface area contributed by atoms with Gasteiger partial charge in [-0.1, -0.05) is 30.7 Å². The molecule has 1 aliphatic rings. The van der Waals surface area contributed by atoms with Crippen LogP contribution >= 0.6 is 11.6 Å². The summed E-state index contributed by atoms with van der Waals surface area (Å²) in [5.41, 5.74) is 2.41. The van der Waals surface area contributed by atoms with Crippen molar-refractivity contribution in [3.05, 3.63) is 64.2 Å². The molecule has 3 rings (SSSR count). The van der Waals surface area contributed by atoms with Gasteiger partial charge < -0.3 is 9.64 Å². The van der Waals surface area contributed by atoms with Crippen LogP contribution in [0.5, 0.6) is 5.75 Å². The minimum atomic E-state index is 0.0468. The molecule has 26 heavy (non-hydrogen) atoms. The quantitative estimate of drug-likeness (QED) is 0.800. The van der Waals surface area contributed by atoms with Gasteiger partial charge >= 0.3 is 0 Å². The summed E-state index contributed by atoms with van der Waals surface area (Å²) in [6.45, 7) is 3.44. The zero-order chi connectivity index (χ0) is 18.5. The Kier molecular flexibility index (Phi) is 5.80. The predicted octanol–water partition coefficient (Wildman–Crippen LogP) is 4.46. The Morgan fingerprint density at radius 2 is 1.92 bits per heavy atom. The van der Waals surface area contributed by atoms with Crippen molar-refractivity contribution in [3.63, 3.8) is 0 Å². The first-order chi connectivity index (χ1) is 12.6. The Labute approximate surface area is 158 Å². The first kappa shape index (κ1) is 18.3. The normalized spacial score (nSPS) is 14.7. The van der Waals surface area contributed by atoms with Gasteiger partial charge in [-0.2, -0.15) is 5.26 Å². The molecule has 0 bridgehead atoms. The summed E-state index contributed by atoms with van der Waals surface area (Å²) in [6.07, 6.45) is 2.56. The van der Waals surface area contributed by atoms with Gasteiger partial charge in [0.1, 0.15) is 17.9 Å². The second-order valence-electron chi connectivity index (χ2n) is 6.41. The average Bonchev–Trinajstić information content (AvgIpc) is 2.68. The molecule has 0 N–H and O–H groups in total. The summed E-state index contributed by atoms with van der Waals surface area (Å²) in [5.74, 6) is 0.737. The van der Waals surface area contributed by atoms with Crippen molar-refractivity contribution in [1.82, 2.24) is 4.90 Å². The van der Waals surface area contributed by atoms with Gasteiger partial charge in [0.15, 0.2) is 0 Å². The third-order valence-corrected chi connectivity index (χ3v) is 5.01. The average molecular weight is 369 g/mol. The standard InChI is InChI=1S/C21H21ClN2O2/c1-2-15-3-5-16(6-4-15)21(25)24-11-9-18(10-12-24)26-19-8-7-17(14-23)20(22)13-19/h3-8,13,18H,2,9-12H2,1H3. The molecule has 1 aliphatic heterocycles. The highest BCUT2D eigenvalue weighted by Crippen LogP contribution is 2.25. The van der Waals surface area contributed by atoms with Gasteiger partial charge in [0.05, 0.1) is 10.6 Å². The van der Waals surface area contributed by atoms with Crippen LogP contribution in [0.25, 0.3) is 0 Å². The number of piperidine rings is 1. The van der Waals surface area contributed by atoms with Gasteiger partial charge in [0.25, 0.3) is 5.91 Å². The molecule has 2 aromatic carbocycles. The maximum atomic E-state index is 12.6. The zero-order valence-electron chi connectivity index (χ0n) is 14.7. The minimum absolute atomic E-state index is 0.0468. The van der Waals surface area contributed by atoms with E-state index in [0.717, 1.165) is 24.8 Å².